The third-order valence-electron chi connectivity index (χ3n) is 3.55. The molecule has 0 spiro atoms. The minimum Gasteiger partial charge on any atom is -0.493 e. The number of aromatic amines is 1. The van der Waals surface area contributed by atoms with Crippen molar-refractivity contribution in [3.05, 3.63) is 74.3 Å². The smallest absolute Gasteiger partial charge is 0.363 e. The largest absolute Gasteiger partial charge is 0.493 e. The fourth-order valence-corrected chi connectivity index (χ4v) is 2.59. The molecule has 0 saturated heterocycles. The summed E-state index contributed by atoms with van der Waals surface area (Å²) in [6, 6.07) is 10.7. The number of rotatable bonds is 7. The minimum absolute atomic E-state index is 0.209. The number of nitrogens with zero attached hydrogens (tertiary/aromatic N) is 3. The maximum atomic E-state index is 11.2. The molecule has 2 aromatic carbocycles. The van der Waals surface area contributed by atoms with E-state index in [1.54, 1.807) is 37.4 Å². The molecule has 0 amide bonds. The van der Waals surface area contributed by atoms with Gasteiger partial charge in [0.1, 0.15) is 6.61 Å². The second kappa shape index (κ2) is 9.20. The Bertz CT molecular complexity index is 1060. The van der Waals surface area contributed by atoms with Gasteiger partial charge in [0.25, 0.3) is 0 Å². The molecule has 0 bridgehead atoms. The Kier molecular flexibility index (Phi) is 6.46. The minimum atomic E-state index is -0.577. The zero-order valence-corrected chi connectivity index (χ0v) is 16.2. The van der Waals surface area contributed by atoms with E-state index in [0.29, 0.717) is 27.1 Å². The zero-order valence-electron chi connectivity index (χ0n) is 14.6. The van der Waals surface area contributed by atoms with Crippen LogP contribution in [0.4, 0.5) is 5.82 Å². The summed E-state index contributed by atoms with van der Waals surface area (Å²) in [6.45, 7) is 0.255. The number of benzene rings is 2. The first-order chi connectivity index (χ1) is 13.6. The van der Waals surface area contributed by atoms with Crippen LogP contribution in [0.5, 0.6) is 11.5 Å². The van der Waals surface area contributed by atoms with E-state index in [9.17, 15) is 4.79 Å². The number of hydrogen-bond donors (Lipinski definition) is 2. The van der Waals surface area contributed by atoms with Gasteiger partial charge < -0.3 is 9.47 Å². The zero-order chi connectivity index (χ0) is 19.9. The van der Waals surface area contributed by atoms with E-state index >= 15 is 0 Å². The van der Waals surface area contributed by atoms with Gasteiger partial charge >= 0.3 is 5.69 Å². The van der Waals surface area contributed by atoms with E-state index in [4.69, 9.17) is 32.7 Å². The summed E-state index contributed by atoms with van der Waals surface area (Å²) in [6.07, 6.45) is 2.86. The quantitative estimate of drug-likeness (QED) is 0.448. The number of aromatic nitrogens is 3. The van der Waals surface area contributed by atoms with Gasteiger partial charge in [-0.2, -0.15) is 15.2 Å². The number of halogens is 2. The Labute approximate surface area is 170 Å². The number of methoxy groups -OCH3 is 1. The fraction of sp³-hybridized carbons (Fsp3) is 0.111. The van der Waals surface area contributed by atoms with Crippen molar-refractivity contribution < 1.29 is 9.47 Å². The van der Waals surface area contributed by atoms with Crippen molar-refractivity contribution >= 4 is 35.2 Å². The van der Waals surface area contributed by atoms with Crippen LogP contribution < -0.4 is 20.6 Å². The standard InChI is InChI=1S/C18H15Cl2N5O3/c1-27-15-4-2-3-12(8-21-24-16-9-22-25-18(26)23-16)17(15)28-10-11-5-6-13(19)14(20)7-11/h2-9H,10H2,1H3,(H2,23,24,25,26)/b21-8+. The van der Waals surface area contributed by atoms with Crippen LogP contribution in [0.15, 0.2) is 52.5 Å². The molecule has 1 heterocycles. The lowest BCUT2D eigenvalue weighted by molar-refractivity contribution is 0.284. The highest BCUT2D eigenvalue weighted by Crippen LogP contribution is 2.31. The first kappa shape index (κ1) is 19.7. The average molecular weight is 420 g/mol. The lowest BCUT2D eigenvalue weighted by Gasteiger charge is -2.13. The molecule has 0 saturated carbocycles. The number of ether oxygens (including phenoxy) is 2. The Hall–Kier alpha value is -3.10. The van der Waals surface area contributed by atoms with Gasteiger partial charge in [-0.1, -0.05) is 35.3 Å². The first-order valence-electron chi connectivity index (χ1n) is 8.01. The summed E-state index contributed by atoms with van der Waals surface area (Å²) < 4.78 is 11.3. The molecule has 3 aromatic rings. The number of hydrogen-bond acceptors (Lipinski definition) is 7. The molecule has 28 heavy (non-hydrogen) atoms. The summed E-state index contributed by atoms with van der Waals surface area (Å²) in [5.74, 6) is 1.25. The second-order valence-electron chi connectivity index (χ2n) is 5.46. The van der Waals surface area contributed by atoms with Gasteiger partial charge in [-0.25, -0.2) is 9.89 Å². The van der Waals surface area contributed by atoms with Crippen LogP contribution in [0.25, 0.3) is 0 Å². The molecule has 0 radical (unpaired) electrons. The fourth-order valence-electron chi connectivity index (χ4n) is 2.27. The molecular weight excluding hydrogens is 405 g/mol. The van der Waals surface area contributed by atoms with Gasteiger partial charge in [0, 0.05) is 5.56 Å². The number of H-pyrrole nitrogens is 1. The Morgan fingerprint density at radius 3 is 2.86 bits per heavy atom. The van der Waals surface area contributed by atoms with Crippen LogP contribution in [0, 0.1) is 0 Å². The van der Waals surface area contributed by atoms with Gasteiger partial charge in [0.15, 0.2) is 17.3 Å². The Morgan fingerprint density at radius 1 is 1.25 bits per heavy atom. The molecule has 8 nitrogen and oxygen atoms in total. The molecular formula is C18H15Cl2N5O3. The van der Waals surface area contributed by atoms with Gasteiger partial charge in [-0.15, -0.1) is 0 Å². The molecule has 144 valence electrons. The molecule has 0 atom stereocenters. The van der Waals surface area contributed by atoms with E-state index in [-0.39, 0.29) is 12.4 Å². The van der Waals surface area contributed by atoms with Crippen molar-refractivity contribution in [2.45, 2.75) is 6.61 Å². The van der Waals surface area contributed by atoms with Crippen LogP contribution in [0.1, 0.15) is 11.1 Å². The monoisotopic (exact) mass is 419 g/mol. The van der Waals surface area contributed by atoms with Crippen LogP contribution in [-0.4, -0.2) is 28.5 Å². The van der Waals surface area contributed by atoms with Crippen LogP contribution in [0.3, 0.4) is 0 Å². The normalized spacial score (nSPS) is 10.8. The molecule has 0 unspecified atom stereocenters. The van der Waals surface area contributed by atoms with E-state index in [1.165, 1.54) is 12.4 Å². The topological polar surface area (TPSA) is 101 Å². The number of anilines is 1. The third kappa shape index (κ3) is 4.99. The highest BCUT2D eigenvalue weighted by atomic mass is 35.5. The van der Waals surface area contributed by atoms with E-state index in [1.807, 2.05) is 6.07 Å². The predicted octanol–water partition coefficient (Wildman–Crippen LogP) is 3.51. The van der Waals surface area contributed by atoms with Crippen molar-refractivity contribution in [1.82, 2.24) is 15.2 Å². The summed E-state index contributed by atoms with van der Waals surface area (Å²) in [5.41, 5.74) is 3.56. The van der Waals surface area contributed by atoms with Crippen molar-refractivity contribution in [1.29, 1.82) is 0 Å². The van der Waals surface area contributed by atoms with Crippen LogP contribution in [0.2, 0.25) is 10.0 Å². The third-order valence-corrected chi connectivity index (χ3v) is 4.29. The Morgan fingerprint density at radius 2 is 2.11 bits per heavy atom. The molecule has 0 aliphatic heterocycles. The highest BCUT2D eigenvalue weighted by Gasteiger charge is 2.10. The Balaban J connectivity index is 1.78. The van der Waals surface area contributed by atoms with Crippen LogP contribution in [-0.2, 0) is 6.61 Å². The second-order valence-corrected chi connectivity index (χ2v) is 6.27. The number of para-hydroxylation sites is 1. The first-order valence-corrected chi connectivity index (χ1v) is 8.77. The van der Waals surface area contributed by atoms with E-state index < -0.39 is 5.69 Å². The van der Waals surface area contributed by atoms with Crippen molar-refractivity contribution in [3.8, 4) is 11.5 Å². The molecule has 0 aliphatic rings. The number of hydrazone groups is 1. The van der Waals surface area contributed by atoms with Crippen LogP contribution >= 0.6 is 23.2 Å². The number of nitrogens with one attached hydrogen (secondary N) is 2. The van der Waals surface area contributed by atoms with Gasteiger partial charge in [-0.3, -0.25) is 5.43 Å². The molecule has 0 aliphatic carbocycles. The summed E-state index contributed by atoms with van der Waals surface area (Å²) in [4.78, 5) is 14.8. The van der Waals surface area contributed by atoms with Crippen molar-refractivity contribution in [3.63, 3.8) is 0 Å². The lowest BCUT2D eigenvalue weighted by atomic mass is 10.2. The van der Waals surface area contributed by atoms with Gasteiger partial charge in [0.2, 0.25) is 0 Å². The molecule has 1 aromatic heterocycles. The predicted molar refractivity (Wildman–Crippen MR) is 108 cm³/mol. The average Bonchev–Trinajstić information content (AvgIpc) is 2.69. The van der Waals surface area contributed by atoms with Crippen molar-refractivity contribution in [2.75, 3.05) is 12.5 Å². The van der Waals surface area contributed by atoms with E-state index in [0.717, 1.165) is 5.56 Å². The summed E-state index contributed by atoms with van der Waals surface area (Å²) in [7, 11) is 1.55. The van der Waals surface area contributed by atoms with Gasteiger partial charge in [-0.05, 0) is 29.8 Å². The maximum absolute atomic E-state index is 11.2. The molecule has 3 rings (SSSR count). The molecule has 0 fully saturated rings. The van der Waals surface area contributed by atoms with Crippen molar-refractivity contribution in [2.24, 2.45) is 5.10 Å². The summed E-state index contributed by atoms with van der Waals surface area (Å²) >= 11 is 12.0. The molecule has 2 N–H and O–H groups in total. The lowest BCUT2D eigenvalue weighted by Crippen LogP contribution is -2.13. The maximum Gasteiger partial charge on any atom is 0.363 e. The highest BCUT2D eigenvalue weighted by molar-refractivity contribution is 6.42. The SMILES string of the molecule is COc1cccc(/C=N/Nc2cn[nH]c(=O)n2)c1OCc1ccc(Cl)c(Cl)c1. The summed E-state index contributed by atoms with van der Waals surface area (Å²) in [5, 5.41) is 10.8. The molecule has 10 heteroatoms. The van der Waals surface area contributed by atoms with Gasteiger partial charge in [0.05, 0.1) is 29.6 Å². The van der Waals surface area contributed by atoms with E-state index in [2.05, 4.69) is 25.7 Å².